The molecule has 0 N–H and O–H groups in total. The van der Waals surface area contributed by atoms with Gasteiger partial charge >= 0.3 is 11.9 Å². The number of allylic oxidation sites excluding steroid dienone is 4. The second-order valence-electron chi connectivity index (χ2n) is 8.09. The lowest BCUT2D eigenvalue weighted by Crippen LogP contribution is -2.38. The van der Waals surface area contributed by atoms with Gasteiger partial charge in [-0.2, -0.15) is 0 Å². The number of ether oxygens (including phenoxy) is 2. The zero-order chi connectivity index (χ0) is 20.5. The topological polar surface area (TPSA) is 69.7 Å². The average molecular weight is 382 g/mol. The number of carbonyl (C=O) groups is 3. The van der Waals surface area contributed by atoms with Crippen LogP contribution < -0.4 is 0 Å². The van der Waals surface area contributed by atoms with Gasteiger partial charge in [0.05, 0.1) is 14.2 Å². The van der Waals surface area contributed by atoms with Crippen LogP contribution in [0.4, 0.5) is 0 Å². The Bertz CT molecular complexity index is 862. The molecule has 0 amide bonds. The van der Waals surface area contributed by atoms with Gasteiger partial charge in [0.2, 0.25) is 0 Å². The molecule has 0 heterocycles. The van der Waals surface area contributed by atoms with Crippen molar-refractivity contribution in [2.24, 2.45) is 5.41 Å². The number of fused-ring (bicyclic) bond motifs is 1. The molecule has 2 aliphatic carbocycles. The maximum absolute atomic E-state index is 12.8. The van der Waals surface area contributed by atoms with Gasteiger partial charge in [0.1, 0.15) is 0 Å². The smallest absolute Gasteiger partial charge is 0.323 e. The molecule has 1 saturated carbocycles. The zero-order valence-corrected chi connectivity index (χ0v) is 16.8. The van der Waals surface area contributed by atoms with Gasteiger partial charge < -0.3 is 9.47 Å². The zero-order valence-electron chi connectivity index (χ0n) is 16.8. The average Bonchev–Trinajstić information content (AvgIpc) is 3.06. The molecule has 1 unspecified atom stereocenters. The van der Waals surface area contributed by atoms with E-state index in [1.807, 2.05) is 37.3 Å². The molecule has 0 aromatic heterocycles. The van der Waals surface area contributed by atoms with Crippen LogP contribution in [0.2, 0.25) is 0 Å². The second kappa shape index (κ2) is 7.38. The summed E-state index contributed by atoms with van der Waals surface area (Å²) in [4.78, 5) is 37.9. The number of esters is 2. The molecule has 1 aromatic rings. The summed E-state index contributed by atoms with van der Waals surface area (Å²) >= 11 is 0. The Labute approximate surface area is 165 Å². The van der Waals surface area contributed by atoms with E-state index in [2.05, 4.69) is 6.92 Å². The molecule has 5 nitrogen and oxygen atoms in total. The van der Waals surface area contributed by atoms with Crippen molar-refractivity contribution in [3.63, 3.8) is 0 Å². The first-order valence-corrected chi connectivity index (χ1v) is 9.40. The highest BCUT2D eigenvalue weighted by atomic mass is 16.5. The molecule has 2 aliphatic rings. The maximum Gasteiger partial charge on any atom is 0.323 e. The monoisotopic (exact) mass is 382 g/mol. The quantitative estimate of drug-likeness (QED) is 0.589. The van der Waals surface area contributed by atoms with Crippen LogP contribution in [0.1, 0.15) is 45.1 Å². The number of hydrogen-bond donors (Lipinski definition) is 0. The van der Waals surface area contributed by atoms with Gasteiger partial charge in [-0.25, -0.2) is 0 Å². The van der Waals surface area contributed by atoms with Gasteiger partial charge in [0, 0.05) is 11.8 Å². The highest BCUT2D eigenvalue weighted by Gasteiger charge is 2.54. The summed E-state index contributed by atoms with van der Waals surface area (Å²) in [5, 5.41) is 0. The first-order chi connectivity index (χ1) is 13.3. The summed E-state index contributed by atoms with van der Waals surface area (Å²) < 4.78 is 9.85. The normalized spacial score (nSPS) is 28.4. The number of benzene rings is 1. The van der Waals surface area contributed by atoms with Gasteiger partial charge in [-0.05, 0) is 49.0 Å². The summed E-state index contributed by atoms with van der Waals surface area (Å²) in [5.41, 5.74) is 2.06. The van der Waals surface area contributed by atoms with E-state index in [9.17, 15) is 14.4 Å². The van der Waals surface area contributed by atoms with Crippen LogP contribution in [-0.2, 0) is 29.3 Å². The Kier molecular flexibility index (Phi) is 5.28. The molecular formula is C23H26O5. The van der Waals surface area contributed by atoms with Gasteiger partial charge in [0.25, 0.3) is 0 Å². The van der Waals surface area contributed by atoms with E-state index in [-0.39, 0.29) is 24.0 Å². The third-order valence-electron chi connectivity index (χ3n) is 6.05. The molecule has 0 radical (unpaired) electrons. The maximum atomic E-state index is 12.8. The number of rotatable bonds is 3. The van der Waals surface area contributed by atoms with Gasteiger partial charge in [-0.3, -0.25) is 14.4 Å². The van der Waals surface area contributed by atoms with Crippen LogP contribution in [-0.4, -0.2) is 31.9 Å². The summed E-state index contributed by atoms with van der Waals surface area (Å²) in [6.45, 7) is 4.11. The van der Waals surface area contributed by atoms with Crippen molar-refractivity contribution in [1.82, 2.24) is 0 Å². The number of methoxy groups -OCH3 is 2. The SMILES string of the molecule is COC(=O)C1(C(=O)OC)CC2=C/C(=O)CC(C)(c3ccccc3)C/C(C)=C\2C1. The van der Waals surface area contributed by atoms with Crippen molar-refractivity contribution in [2.45, 2.75) is 44.9 Å². The molecule has 1 atom stereocenters. The van der Waals surface area contributed by atoms with Crippen LogP contribution in [0, 0.1) is 5.41 Å². The van der Waals surface area contributed by atoms with Crippen LogP contribution >= 0.6 is 0 Å². The van der Waals surface area contributed by atoms with E-state index in [0.717, 1.165) is 22.3 Å². The minimum absolute atomic E-state index is 0.00288. The molecular weight excluding hydrogens is 356 g/mol. The predicted molar refractivity (Wildman–Crippen MR) is 105 cm³/mol. The number of hydrogen-bond acceptors (Lipinski definition) is 5. The van der Waals surface area contributed by atoms with Crippen molar-refractivity contribution >= 4 is 17.7 Å². The molecule has 148 valence electrons. The Hall–Kier alpha value is -2.69. The van der Waals surface area contributed by atoms with E-state index in [0.29, 0.717) is 12.8 Å². The van der Waals surface area contributed by atoms with Crippen LogP contribution in [0.3, 0.4) is 0 Å². The molecule has 3 rings (SSSR count). The molecule has 1 fully saturated rings. The third kappa shape index (κ3) is 3.30. The minimum Gasteiger partial charge on any atom is -0.468 e. The summed E-state index contributed by atoms with van der Waals surface area (Å²) in [6.07, 6.45) is 2.98. The first kappa shape index (κ1) is 20.1. The fraction of sp³-hybridized carbons (Fsp3) is 0.435. The molecule has 0 saturated heterocycles. The fourth-order valence-corrected chi connectivity index (χ4v) is 4.66. The van der Waals surface area contributed by atoms with Crippen LogP contribution in [0.15, 0.2) is 53.1 Å². The Morgan fingerprint density at radius 2 is 1.54 bits per heavy atom. The lowest BCUT2D eigenvalue weighted by atomic mass is 9.71. The summed E-state index contributed by atoms with van der Waals surface area (Å²) in [5.74, 6) is -1.24. The van der Waals surface area contributed by atoms with E-state index in [4.69, 9.17) is 9.47 Å². The minimum atomic E-state index is -1.42. The van der Waals surface area contributed by atoms with E-state index >= 15 is 0 Å². The Morgan fingerprint density at radius 3 is 2.11 bits per heavy atom. The lowest BCUT2D eigenvalue weighted by Gasteiger charge is -2.32. The summed E-state index contributed by atoms with van der Waals surface area (Å²) in [6, 6.07) is 9.99. The highest BCUT2D eigenvalue weighted by Crippen LogP contribution is 2.50. The van der Waals surface area contributed by atoms with Gasteiger partial charge in [-0.1, -0.05) is 42.8 Å². The van der Waals surface area contributed by atoms with Crippen LogP contribution in [0.5, 0.6) is 0 Å². The number of carbonyl (C=O) groups excluding carboxylic acids is 3. The third-order valence-corrected chi connectivity index (χ3v) is 6.05. The predicted octanol–water partition coefficient (Wildman–Crippen LogP) is 3.68. The molecule has 1 aromatic carbocycles. The molecule has 0 spiro atoms. The number of ketones is 1. The highest BCUT2D eigenvalue weighted by molar-refractivity contribution is 6.03. The Morgan fingerprint density at radius 1 is 0.929 bits per heavy atom. The van der Waals surface area contributed by atoms with Crippen molar-refractivity contribution in [2.75, 3.05) is 14.2 Å². The molecule has 0 bridgehead atoms. The van der Waals surface area contributed by atoms with Crippen LogP contribution in [0.25, 0.3) is 0 Å². The van der Waals surface area contributed by atoms with Gasteiger partial charge in [-0.15, -0.1) is 0 Å². The van der Waals surface area contributed by atoms with Crippen molar-refractivity contribution in [1.29, 1.82) is 0 Å². The Balaban J connectivity index is 2.09. The molecule has 0 aliphatic heterocycles. The van der Waals surface area contributed by atoms with E-state index in [1.165, 1.54) is 14.2 Å². The molecule has 5 heteroatoms. The van der Waals surface area contributed by atoms with E-state index in [1.54, 1.807) is 6.08 Å². The van der Waals surface area contributed by atoms with Crippen molar-refractivity contribution in [3.8, 4) is 0 Å². The summed E-state index contributed by atoms with van der Waals surface area (Å²) in [7, 11) is 2.53. The molecule has 28 heavy (non-hydrogen) atoms. The fourth-order valence-electron chi connectivity index (χ4n) is 4.66. The van der Waals surface area contributed by atoms with Gasteiger partial charge in [0.15, 0.2) is 11.2 Å². The van der Waals surface area contributed by atoms with Crippen molar-refractivity contribution in [3.05, 3.63) is 58.7 Å². The standard InChI is InChI=1S/C23H26O5/c1-15-11-22(2,17-8-6-5-7-9-17)13-18(24)10-16-12-23(14-19(15)16,20(25)27-3)21(26)28-4/h5-10H,11-14H2,1-4H3/b16-10-,19-15-. The van der Waals surface area contributed by atoms with E-state index < -0.39 is 17.4 Å². The first-order valence-electron chi connectivity index (χ1n) is 9.40. The largest absolute Gasteiger partial charge is 0.468 e. The van der Waals surface area contributed by atoms with Crippen molar-refractivity contribution < 1.29 is 23.9 Å². The second-order valence-corrected chi connectivity index (χ2v) is 8.09. The lowest BCUT2D eigenvalue weighted by molar-refractivity contribution is -0.168.